The third-order valence-corrected chi connectivity index (χ3v) is 9.65. The molecule has 6 rings (SSSR count). The van der Waals surface area contributed by atoms with Crippen molar-refractivity contribution in [2.24, 2.45) is 5.73 Å². The molecule has 0 saturated heterocycles. The molecular weight excluding hydrogens is 705 g/mol. The largest absolute Gasteiger partial charge is 0.467 e. The van der Waals surface area contributed by atoms with Gasteiger partial charge in [0.25, 0.3) is 0 Å². The van der Waals surface area contributed by atoms with Crippen LogP contribution in [0.5, 0.6) is 0 Å². The van der Waals surface area contributed by atoms with Crippen LogP contribution in [0.3, 0.4) is 0 Å². The van der Waals surface area contributed by atoms with Crippen molar-refractivity contribution in [3.8, 4) is 23.0 Å². The number of nitrogens with zero attached hydrogens (tertiary/aromatic N) is 8. The third-order valence-electron chi connectivity index (χ3n) is 9.65. The van der Waals surface area contributed by atoms with E-state index in [0.717, 1.165) is 84.1 Å². The minimum Gasteiger partial charge on any atom is -0.467 e. The number of aromatic nitrogens is 6. The molecule has 302 valence electrons. The number of amides is 1. The predicted molar refractivity (Wildman–Crippen MR) is 223 cm³/mol. The summed E-state index contributed by atoms with van der Waals surface area (Å²) in [5, 5.41) is 3.09. The smallest absolute Gasteiger partial charge is 0.331 e. The van der Waals surface area contributed by atoms with Gasteiger partial charge in [-0.3, -0.25) is 14.8 Å². The molecule has 4 aromatic heterocycles. The second-order valence-electron chi connectivity index (χ2n) is 17.5. The van der Waals surface area contributed by atoms with Gasteiger partial charge in [0.1, 0.15) is 34.1 Å². The Morgan fingerprint density at radius 1 is 0.661 bits per heavy atom. The quantitative estimate of drug-likeness (QED) is 0.192. The SMILES string of the molecule is CC(C)(C)N.CN(c1nc(-c2ccccn2)nc2c1CCC2)C(C)(C)C(=O)NC(C)(C)C.COC(=O)C(C)(C)N(C)c1nc(-c2ccccn2)nc2c1CCC2. The minimum atomic E-state index is -0.819. The first-order valence-electron chi connectivity index (χ1n) is 19.3. The highest BCUT2D eigenvalue weighted by molar-refractivity contribution is 5.89. The predicted octanol–water partition coefficient (Wildman–Crippen LogP) is 6.32. The Kier molecular flexibility index (Phi) is 13.6. The lowest BCUT2D eigenvalue weighted by atomic mass is 9.98. The number of likely N-dealkylation sites (N-methyl/N-ethyl adjacent to an activating group) is 2. The Morgan fingerprint density at radius 2 is 1.07 bits per heavy atom. The summed E-state index contributed by atoms with van der Waals surface area (Å²) in [6.07, 6.45) is 9.32. The fourth-order valence-electron chi connectivity index (χ4n) is 6.16. The van der Waals surface area contributed by atoms with Crippen LogP contribution in [0, 0.1) is 0 Å². The Bertz CT molecular complexity index is 1960. The summed E-state index contributed by atoms with van der Waals surface area (Å²) < 4.78 is 4.96. The molecule has 13 heteroatoms. The topological polar surface area (TPSA) is 165 Å². The highest BCUT2D eigenvalue weighted by atomic mass is 16.5. The Labute approximate surface area is 333 Å². The van der Waals surface area contributed by atoms with Gasteiger partial charge < -0.3 is 25.6 Å². The van der Waals surface area contributed by atoms with Crippen molar-refractivity contribution in [3.63, 3.8) is 0 Å². The highest BCUT2D eigenvalue weighted by Gasteiger charge is 2.38. The van der Waals surface area contributed by atoms with Crippen LogP contribution in [-0.2, 0) is 40.0 Å². The molecule has 0 aliphatic heterocycles. The number of hydrogen-bond acceptors (Lipinski definition) is 12. The molecule has 0 aromatic carbocycles. The molecule has 56 heavy (non-hydrogen) atoms. The average molecular weight is 767 g/mol. The summed E-state index contributed by atoms with van der Waals surface area (Å²) in [5.41, 5.74) is 9.36. The zero-order valence-corrected chi connectivity index (χ0v) is 35.7. The van der Waals surface area contributed by atoms with E-state index in [2.05, 4.69) is 15.3 Å². The zero-order valence-electron chi connectivity index (χ0n) is 35.7. The molecule has 3 N–H and O–H groups in total. The first kappa shape index (κ1) is 43.7. The van der Waals surface area contributed by atoms with E-state index in [9.17, 15) is 9.59 Å². The van der Waals surface area contributed by atoms with E-state index in [1.54, 1.807) is 12.4 Å². The van der Waals surface area contributed by atoms with E-state index >= 15 is 0 Å². The van der Waals surface area contributed by atoms with Gasteiger partial charge in [-0.25, -0.2) is 24.7 Å². The zero-order chi connectivity index (χ0) is 41.6. The monoisotopic (exact) mass is 767 g/mol. The van der Waals surface area contributed by atoms with Crippen LogP contribution in [0.15, 0.2) is 48.8 Å². The number of methoxy groups -OCH3 is 1. The van der Waals surface area contributed by atoms with Gasteiger partial charge in [0.2, 0.25) is 5.91 Å². The van der Waals surface area contributed by atoms with Crippen molar-refractivity contribution in [2.75, 3.05) is 31.0 Å². The maximum Gasteiger partial charge on any atom is 0.331 e. The van der Waals surface area contributed by atoms with Gasteiger partial charge in [-0.05, 0) is 132 Å². The van der Waals surface area contributed by atoms with Crippen LogP contribution in [0.4, 0.5) is 11.6 Å². The van der Waals surface area contributed by atoms with Gasteiger partial charge >= 0.3 is 5.97 Å². The number of pyridine rings is 2. The molecule has 4 aromatic rings. The van der Waals surface area contributed by atoms with Crippen molar-refractivity contribution in [2.45, 2.75) is 130 Å². The third kappa shape index (κ3) is 10.8. The second-order valence-corrected chi connectivity index (χ2v) is 17.5. The Hall–Kier alpha value is -5.04. The molecule has 2 aliphatic carbocycles. The number of carbonyl (C=O) groups is 2. The lowest BCUT2D eigenvalue weighted by Gasteiger charge is -2.38. The lowest BCUT2D eigenvalue weighted by molar-refractivity contribution is -0.145. The van der Waals surface area contributed by atoms with Gasteiger partial charge in [-0.2, -0.15) is 0 Å². The number of aryl methyl sites for hydroxylation is 2. The van der Waals surface area contributed by atoms with Gasteiger partial charge in [0, 0.05) is 60.1 Å². The second kappa shape index (κ2) is 17.4. The van der Waals surface area contributed by atoms with E-state index < -0.39 is 11.1 Å². The van der Waals surface area contributed by atoms with Crippen molar-refractivity contribution < 1.29 is 14.3 Å². The number of carbonyl (C=O) groups excluding carboxylic acids is 2. The molecule has 1 amide bonds. The molecule has 0 atom stereocenters. The number of nitrogens with two attached hydrogens (primary N) is 1. The van der Waals surface area contributed by atoms with E-state index in [0.29, 0.717) is 11.6 Å². The number of anilines is 2. The van der Waals surface area contributed by atoms with Crippen LogP contribution < -0.4 is 20.9 Å². The number of hydrogen-bond donors (Lipinski definition) is 2. The molecule has 0 fully saturated rings. The van der Waals surface area contributed by atoms with E-state index in [-0.39, 0.29) is 23.0 Å². The maximum absolute atomic E-state index is 12.9. The van der Waals surface area contributed by atoms with Gasteiger partial charge in [0.05, 0.1) is 7.11 Å². The highest BCUT2D eigenvalue weighted by Crippen LogP contribution is 2.35. The van der Waals surface area contributed by atoms with E-state index in [1.807, 2.05) is 130 Å². The summed E-state index contributed by atoms with van der Waals surface area (Å²) in [4.78, 5) is 56.8. The van der Waals surface area contributed by atoms with Crippen molar-refractivity contribution in [1.29, 1.82) is 0 Å². The number of nitrogens with one attached hydrogen (secondary N) is 1. The Morgan fingerprint density at radius 3 is 1.43 bits per heavy atom. The van der Waals surface area contributed by atoms with Crippen LogP contribution in [0.25, 0.3) is 23.0 Å². The fraction of sp³-hybridized carbons (Fsp3) is 0.535. The van der Waals surface area contributed by atoms with Gasteiger partial charge in [0.15, 0.2) is 11.6 Å². The van der Waals surface area contributed by atoms with Gasteiger partial charge in [-0.1, -0.05) is 12.1 Å². The van der Waals surface area contributed by atoms with Crippen LogP contribution >= 0.6 is 0 Å². The molecule has 4 heterocycles. The van der Waals surface area contributed by atoms with Crippen LogP contribution in [0.2, 0.25) is 0 Å². The van der Waals surface area contributed by atoms with Crippen molar-refractivity contribution in [1.82, 2.24) is 35.2 Å². The summed E-state index contributed by atoms with van der Waals surface area (Å²) in [6, 6.07) is 11.4. The molecule has 0 unspecified atom stereocenters. The maximum atomic E-state index is 12.9. The van der Waals surface area contributed by atoms with Crippen molar-refractivity contribution in [3.05, 3.63) is 71.3 Å². The average Bonchev–Trinajstić information content (AvgIpc) is 3.83. The van der Waals surface area contributed by atoms with Crippen LogP contribution in [-0.4, -0.2) is 85.1 Å². The number of esters is 1. The molecule has 0 bridgehead atoms. The first-order chi connectivity index (χ1) is 26.0. The first-order valence-corrected chi connectivity index (χ1v) is 19.3. The molecule has 0 radical (unpaired) electrons. The number of ether oxygens (including phenoxy) is 1. The van der Waals surface area contributed by atoms with E-state index in [1.165, 1.54) is 7.11 Å². The lowest BCUT2D eigenvalue weighted by Crippen LogP contribution is -2.58. The molecule has 0 saturated carbocycles. The summed E-state index contributed by atoms with van der Waals surface area (Å²) in [6.45, 7) is 19.4. The standard InChI is InChI=1S/C21H29N5O.C18H22N4O2.C4H11N/c1-20(2,3)25-19(27)21(4,5)26(6)18-14-10-9-12-15(14)23-17(24-18)16-11-7-8-13-22-16;1-18(2,17(23)24-4)22(3)16-12-8-7-10-13(12)20-15(21-16)14-9-5-6-11-19-14;1-4(2,3)5/h7-8,11,13H,9-10,12H2,1-6H3,(H,25,27);5-6,9,11H,7-8,10H2,1-4H3;5H2,1-3H3. The number of rotatable bonds is 8. The summed E-state index contributed by atoms with van der Waals surface area (Å²) in [5.74, 6) is 2.50. The molecule has 2 aliphatic rings. The Balaban J connectivity index is 0.000000223. The number of fused-ring (bicyclic) bond motifs is 2. The fourth-order valence-corrected chi connectivity index (χ4v) is 6.16. The minimum absolute atomic E-state index is 0. The molecule has 0 spiro atoms. The molecule has 13 nitrogen and oxygen atoms in total. The van der Waals surface area contributed by atoms with E-state index in [4.69, 9.17) is 30.4 Å². The molecular formula is C43H62N10O3. The van der Waals surface area contributed by atoms with Crippen molar-refractivity contribution >= 4 is 23.5 Å². The normalized spacial score (nSPS) is 13.6. The summed E-state index contributed by atoms with van der Waals surface area (Å²) in [7, 11) is 5.22. The van der Waals surface area contributed by atoms with Crippen LogP contribution in [0.1, 0.15) is 105 Å². The summed E-state index contributed by atoms with van der Waals surface area (Å²) >= 11 is 0. The van der Waals surface area contributed by atoms with Gasteiger partial charge in [-0.15, -0.1) is 0 Å².